The number of imidazole rings is 1. The molecule has 146 valence electrons. The predicted molar refractivity (Wildman–Crippen MR) is 111 cm³/mol. The van der Waals surface area contributed by atoms with Crippen LogP contribution in [0.5, 0.6) is 0 Å². The Morgan fingerprint density at radius 3 is 2.74 bits per heavy atom. The van der Waals surface area contributed by atoms with E-state index in [2.05, 4.69) is 28.7 Å². The molecule has 0 unspecified atom stereocenters. The molecule has 0 atom stereocenters. The first-order valence-electron chi connectivity index (χ1n) is 8.25. The van der Waals surface area contributed by atoms with E-state index < -0.39 is 0 Å². The molecule has 0 saturated carbocycles. The van der Waals surface area contributed by atoms with Gasteiger partial charge in [-0.05, 0) is 23.8 Å². The maximum atomic E-state index is 12.3. The van der Waals surface area contributed by atoms with Crippen LogP contribution in [-0.4, -0.2) is 15.5 Å². The second-order valence-electron chi connectivity index (χ2n) is 6.23. The molecule has 0 saturated heterocycles. The number of nitrogens with zero attached hydrogens (tertiary/aromatic N) is 2. The summed E-state index contributed by atoms with van der Waals surface area (Å²) < 4.78 is 7.33. The molecule has 0 radical (unpaired) electrons. The average Bonchev–Trinajstić information content (AvgIpc) is 3.24. The van der Waals surface area contributed by atoms with Gasteiger partial charge in [-0.3, -0.25) is 4.79 Å². The first kappa shape index (κ1) is 22.8. The summed E-state index contributed by atoms with van der Waals surface area (Å²) in [4.78, 5) is 16.7. The molecule has 2 heterocycles. The molecule has 3 rings (SSSR count). The number of carbonyl (C=O) groups is 1. The van der Waals surface area contributed by atoms with E-state index in [9.17, 15) is 4.79 Å². The zero-order valence-corrected chi connectivity index (χ0v) is 16.8. The van der Waals surface area contributed by atoms with Gasteiger partial charge >= 0.3 is 0 Å². The highest BCUT2D eigenvalue weighted by Crippen LogP contribution is 2.17. The molecule has 0 fully saturated rings. The molecule has 8 heteroatoms. The van der Waals surface area contributed by atoms with E-state index in [1.165, 1.54) is 6.26 Å². The van der Waals surface area contributed by atoms with Crippen molar-refractivity contribution in [2.24, 2.45) is 5.73 Å². The number of rotatable bonds is 6. The van der Waals surface area contributed by atoms with Crippen LogP contribution in [0.15, 0.2) is 53.4 Å². The molecule has 2 aromatic heterocycles. The third kappa shape index (κ3) is 5.60. The predicted octanol–water partition coefficient (Wildman–Crippen LogP) is 4.20. The standard InChI is InChI=1S/C19H22N4O2.2ClH/c1-13(2)18-21-6-7-23(18)11-14-4-3-5-16(8-14)22-19(24)15-9-17(10-20)25-12-15;;/h3-9,12-13H,10-11,20H2,1-2H3,(H,22,24);2*1H. The SMILES string of the molecule is CC(C)c1nccn1Cc1cccc(NC(=O)c2coc(CN)c2)c1.Cl.Cl. The number of halogens is 2. The molecule has 1 aromatic carbocycles. The van der Waals surface area contributed by atoms with Gasteiger partial charge in [0, 0.05) is 30.5 Å². The maximum absolute atomic E-state index is 12.3. The number of aromatic nitrogens is 2. The average molecular weight is 411 g/mol. The fraction of sp³-hybridized carbons (Fsp3) is 0.263. The van der Waals surface area contributed by atoms with Crippen LogP contribution in [0.25, 0.3) is 0 Å². The van der Waals surface area contributed by atoms with Gasteiger partial charge in [-0.15, -0.1) is 24.8 Å². The highest BCUT2D eigenvalue weighted by Gasteiger charge is 2.11. The van der Waals surface area contributed by atoms with Gasteiger partial charge in [-0.25, -0.2) is 4.98 Å². The van der Waals surface area contributed by atoms with Crippen molar-refractivity contribution in [1.82, 2.24) is 9.55 Å². The van der Waals surface area contributed by atoms with Gasteiger partial charge in [0.15, 0.2) is 0 Å². The molecule has 6 nitrogen and oxygen atoms in total. The number of anilines is 1. The minimum absolute atomic E-state index is 0. The number of nitrogens with two attached hydrogens (primary N) is 1. The molecule has 27 heavy (non-hydrogen) atoms. The number of furan rings is 1. The molecule has 1 amide bonds. The van der Waals surface area contributed by atoms with Gasteiger partial charge in [0.05, 0.1) is 12.1 Å². The van der Waals surface area contributed by atoms with E-state index in [1.807, 2.05) is 36.7 Å². The lowest BCUT2D eigenvalue weighted by atomic mass is 10.1. The number of hydrogen-bond donors (Lipinski definition) is 2. The fourth-order valence-electron chi connectivity index (χ4n) is 2.71. The lowest BCUT2D eigenvalue weighted by Gasteiger charge is -2.11. The van der Waals surface area contributed by atoms with Crippen molar-refractivity contribution in [2.45, 2.75) is 32.9 Å². The van der Waals surface area contributed by atoms with Gasteiger partial charge in [-0.1, -0.05) is 26.0 Å². The maximum Gasteiger partial charge on any atom is 0.258 e. The summed E-state index contributed by atoms with van der Waals surface area (Å²) in [5, 5.41) is 2.89. The van der Waals surface area contributed by atoms with Crippen LogP contribution in [0.2, 0.25) is 0 Å². The number of amides is 1. The zero-order valence-electron chi connectivity index (χ0n) is 15.2. The van der Waals surface area contributed by atoms with Gasteiger partial charge in [-0.2, -0.15) is 0 Å². The van der Waals surface area contributed by atoms with Gasteiger partial charge in [0.2, 0.25) is 0 Å². The number of carbonyl (C=O) groups excluding carboxylic acids is 1. The van der Waals surface area contributed by atoms with E-state index >= 15 is 0 Å². The Morgan fingerprint density at radius 1 is 1.30 bits per heavy atom. The minimum Gasteiger partial charge on any atom is -0.467 e. The number of hydrogen-bond acceptors (Lipinski definition) is 4. The number of benzene rings is 1. The monoisotopic (exact) mass is 410 g/mol. The Kier molecular flexibility index (Phi) is 8.56. The lowest BCUT2D eigenvalue weighted by Crippen LogP contribution is -2.11. The van der Waals surface area contributed by atoms with Crippen molar-refractivity contribution in [3.05, 3.63) is 71.7 Å². The van der Waals surface area contributed by atoms with Crippen molar-refractivity contribution in [3.8, 4) is 0 Å². The molecule has 0 aliphatic heterocycles. The fourth-order valence-corrected chi connectivity index (χ4v) is 2.71. The first-order valence-corrected chi connectivity index (χ1v) is 8.25. The zero-order chi connectivity index (χ0) is 17.8. The summed E-state index contributed by atoms with van der Waals surface area (Å²) in [7, 11) is 0. The summed E-state index contributed by atoms with van der Waals surface area (Å²) in [6, 6.07) is 9.44. The van der Waals surface area contributed by atoms with Crippen LogP contribution >= 0.6 is 24.8 Å². The molecule has 0 aliphatic carbocycles. The summed E-state index contributed by atoms with van der Waals surface area (Å²) in [6.45, 7) is 5.22. The third-order valence-electron chi connectivity index (χ3n) is 3.92. The largest absolute Gasteiger partial charge is 0.467 e. The Hall–Kier alpha value is -2.28. The van der Waals surface area contributed by atoms with E-state index in [0.29, 0.717) is 23.8 Å². The van der Waals surface area contributed by atoms with Crippen LogP contribution < -0.4 is 11.1 Å². The Balaban J connectivity index is 0.00000182. The molecular weight excluding hydrogens is 387 g/mol. The molecular formula is C19H24Cl2N4O2. The van der Waals surface area contributed by atoms with E-state index in [1.54, 1.807) is 6.07 Å². The molecule has 0 spiro atoms. The highest BCUT2D eigenvalue weighted by atomic mass is 35.5. The minimum atomic E-state index is -0.217. The van der Waals surface area contributed by atoms with E-state index in [0.717, 1.165) is 17.1 Å². The van der Waals surface area contributed by atoms with Crippen molar-refractivity contribution in [2.75, 3.05) is 5.32 Å². The third-order valence-corrected chi connectivity index (χ3v) is 3.92. The van der Waals surface area contributed by atoms with Crippen molar-refractivity contribution in [3.63, 3.8) is 0 Å². The van der Waals surface area contributed by atoms with Crippen molar-refractivity contribution >= 4 is 36.4 Å². The normalized spacial score (nSPS) is 10.2. The van der Waals surface area contributed by atoms with E-state index in [-0.39, 0.29) is 37.3 Å². The van der Waals surface area contributed by atoms with Crippen molar-refractivity contribution < 1.29 is 9.21 Å². The Morgan fingerprint density at radius 2 is 2.07 bits per heavy atom. The second-order valence-corrected chi connectivity index (χ2v) is 6.23. The summed E-state index contributed by atoms with van der Waals surface area (Å²) in [6.07, 6.45) is 5.21. The Bertz CT molecular complexity index is 874. The topological polar surface area (TPSA) is 86.1 Å². The van der Waals surface area contributed by atoms with Gasteiger partial charge in [0.25, 0.3) is 5.91 Å². The van der Waals surface area contributed by atoms with Crippen LogP contribution in [0, 0.1) is 0 Å². The number of nitrogens with one attached hydrogen (secondary N) is 1. The highest BCUT2D eigenvalue weighted by molar-refractivity contribution is 6.04. The summed E-state index contributed by atoms with van der Waals surface area (Å²) >= 11 is 0. The quantitative estimate of drug-likeness (QED) is 0.637. The van der Waals surface area contributed by atoms with Gasteiger partial charge < -0.3 is 20.0 Å². The molecule has 3 aromatic rings. The second kappa shape index (κ2) is 10.2. The van der Waals surface area contributed by atoms with Crippen LogP contribution in [0.3, 0.4) is 0 Å². The molecule has 0 aliphatic rings. The van der Waals surface area contributed by atoms with Crippen LogP contribution in [0.1, 0.15) is 47.3 Å². The first-order chi connectivity index (χ1) is 12.1. The van der Waals surface area contributed by atoms with Crippen LogP contribution in [0.4, 0.5) is 5.69 Å². The summed E-state index contributed by atoms with van der Waals surface area (Å²) in [5.74, 6) is 1.77. The van der Waals surface area contributed by atoms with Crippen LogP contribution in [-0.2, 0) is 13.1 Å². The van der Waals surface area contributed by atoms with Gasteiger partial charge in [0.1, 0.15) is 17.8 Å². The summed E-state index contributed by atoms with van der Waals surface area (Å²) in [5.41, 5.74) is 7.79. The lowest BCUT2D eigenvalue weighted by molar-refractivity contribution is 0.102. The Labute approximate surface area is 171 Å². The van der Waals surface area contributed by atoms with E-state index in [4.69, 9.17) is 10.2 Å². The van der Waals surface area contributed by atoms with Crippen molar-refractivity contribution in [1.29, 1.82) is 0 Å². The molecule has 0 bridgehead atoms. The molecule has 3 N–H and O–H groups in total. The smallest absolute Gasteiger partial charge is 0.258 e.